The van der Waals surface area contributed by atoms with Gasteiger partial charge in [-0.1, -0.05) is 24.3 Å². The minimum Gasteiger partial charge on any atom is -0.335 e. The fraction of sp³-hybridized carbons (Fsp3) is 0.364. The van der Waals surface area contributed by atoms with Crippen molar-refractivity contribution in [3.63, 3.8) is 0 Å². The summed E-state index contributed by atoms with van der Waals surface area (Å²) >= 11 is 0. The third-order valence-corrected chi connectivity index (χ3v) is 2.67. The first-order chi connectivity index (χ1) is 6.68. The summed E-state index contributed by atoms with van der Waals surface area (Å²) in [5.41, 5.74) is 7.94. The second-order valence-electron chi connectivity index (χ2n) is 3.75. The van der Waals surface area contributed by atoms with Crippen LogP contribution < -0.4 is 5.73 Å². The van der Waals surface area contributed by atoms with Crippen LogP contribution in [-0.4, -0.2) is 23.4 Å². The van der Waals surface area contributed by atoms with Gasteiger partial charge in [-0.05, 0) is 18.1 Å². The molecule has 74 valence electrons. The number of β-lactam (4-membered cyclic amide) rings is 1. The van der Waals surface area contributed by atoms with Crippen LogP contribution in [0, 0.1) is 6.92 Å². The highest BCUT2D eigenvalue weighted by atomic mass is 16.2. The number of amides is 1. The monoisotopic (exact) mass is 190 g/mol. The predicted molar refractivity (Wildman–Crippen MR) is 54.6 cm³/mol. The molecular weight excluding hydrogens is 176 g/mol. The van der Waals surface area contributed by atoms with Crippen LogP contribution in [0.15, 0.2) is 24.3 Å². The molecule has 0 aromatic heterocycles. The molecule has 1 saturated heterocycles. The number of rotatable bonds is 2. The topological polar surface area (TPSA) is 46.3 Å². The van der Waals surface area contributed by atoms with E-state index in [0.29, 0.717) is 13.1 Å². The average molecular weight is 190 g/mol. The molecule has 1 atom stereocenters. The molecule has 1 aromatic carbocycles. The Morgan fingerprint density at radius 3 is 2.79 bits per heavy atom. The fourth-order valence-electron chi connectivity index (χ4n) is 1.66. The van der Waals surface area contributed by atoms with Crippen molar-refractivity contribution in [2.24, 2.45) is 5.73 Å². The van der Waals surface area contributed by atoms with Gasteiger partial charge in [0.15, 0.2) is 0 Å². The molecule has 0 bridgehead atoms. The SMILES string of the molecule is Cc1ccccc1CN1CC(N)C1=O. The number of carbonyl (C=O) groups excluding carboxylic acids is 1. The number of benzene rings is 1. The lowest BCUT2D eigenvalue weighted by atomic mass is 10.0. The highest BCUT2D eigenvalue weighted by molar-refractivity contribution is 5.87. The van der Waals surface area contributed by atoms with E-state index < -0.39 is 0 Å². The highest BCUT2D eigenvalue weighted by Gasteiger charge is 2.33. The van der Waals surface area contributed by atoms with Crippen LogP contribution in [0.1, 0.15) is 11.1 Å². The Bertz CT molecular complexity index is 362. The molecule has 0 radical (unpaired) electrons. The van der Waals surface area contributed by atoms with Crippen molar-refractivity contribution in [3.05, 3.63) is 35.4 Å². The van der Waals surface area contributed by atoms with E-state index in [-0.39, 0.29) is 11.9 Å². The molecule has 14 heavy (non-hydrogen) atoms. The molecule has 3 heteroatoms. The standard InChI is InChI=1S/C11H14N2O/c1-8-4-2-3-5-9(8)6-13-7-10(12)11(13)14/h2-5,10H,6-7,12H2,1H3. The molecule has 2 rings (SSSR count). The van der Waals surface area contributed by atoms with Crippen LogP contribution in [0.2, 0.25) is 0 Å². The third kappa shape index (κ3) is 1.51. The van der Waals surface area contributed by atoms with Gasteiger partial charge in [0, 0.05) is 13.1 Å². The van der Waals surface area contributed by atoms with E-state index in [4.69, 9.17) is 5.73 Å². The van der Waals surface area contributed by atoms with Gasteiger partial charge in [-0.2, -0.15) is 0 Å². The molecule has 1 aliphatic heterocycles. The van der Waals surface area contributed by atoms with Gasteiger partial charge in [0.05, 0.1) is 0 Å². The smallest absolute Gasteiger partial charge is 0.241 e. The Labute approximate surface area is 83.5 Å². The molecule has 0 aliphatic carbocycles. The maximum Gasteiger partial charge on any atom is 0.241 e. The Morgan fingerprint density at radius 2 is 2.21 bits per heavy atom. The Hall–Kier alpha value is -1.35. The zero-order valence-corrected chi connectivity index (χ0v) is 8.23. The van der Waals surface area contributed by atoms with Crippen LogP contribution in [-0.2, 0) is 11.3 Å². The molecule has 1 amide bonds. The molecule has 1 aliphatic rings. The van der Waals surface area contributed by atoms with E-state index in [1.54, 1.807) is 4.90 Å². The van der Waals surface area contributed by atoms with Crippen molar-refractivity contribution in [1.82, 2.24) is 4.90 Å². The Morgan fingerprint density at radius 1 is 1.50 bits per heavy atom. The van der Waals surface area contributed by atoms with Crippen molar-refractivity contribution in [3.8, 4) is 0 Å². The second-order valence-corrected chi connectivity index (χ2v) is 3.75. The van der Waals surface area contributed by atoms with E-state index >= 15 is 0 Å². The number of hydrogen-bond acceptors (Lipinski definition) is 2. The van der Waals surface area contributed by atoms with Crippen molar-refractivity contribution in [2.75, 3.05) is 6.54 Å². The molecule has 0 spiro atoms. The Balaban J connectivity index is 2.06. The minimum absolute atomic E-state index is 0.0632. The van der Waals surface area contributed by atoms with Gasteiger partial charge in [0.1, 0.15) is 6.04 Å². The molecular formula is C11H14N2O. The van der Waals surface area contributed by atoms with Gasteiger partial charge in [0.25, 0.3) is 0 Å². The van der Waals surface area contributed by atoms with E-state index in [9.17, 15) is 4.79 Å². The molecule has 3 nitrogen and oxygen atoms in total. The van der Waals surface area contributed by atoms with Gasteiger partial charge in [-0.15, -0.1) is 0 Å². The molecule has 1 aromatic rings. The summed E-state index contributed by atoms with van der Waals surface area (Å²) in [5, 5.41) is 0. The predicted octanol–water partition coefficient (Wildman–Crippen LogP) is 0.665. The van der Waals surface area contributed by atoms with Gasteiger partial charge in [-0.25, -0.2) is 0 Å². The lowest BCUT2D eigenvalue weighted by molar-refractivity contribution is -0.143. The van der Waals surface area contributed by atoms with Crippen molar-refractivity contribution >= 4 is 5.91 Å². The van der Waals surface area contributed by atoms with Crippen LogP contribution >= 0.6 is 0 Å². The summed E-state index contributed by atoms with van der Waals surface area (Å²) in [6.07, 6.45) is 0. The molecule has 1 fully saturated rings. The number of nitrogens with two attached hydrogens (primary N) is 1. The number of hydrogen-bond donors (Lipinski definition) is 1. The van der Waals surface area contributed by atoms with Gasteiger partial charge in [0.2, 0.25) is 5.91 Å². The zero-order valence-electron chi connectivity index (χ0n) is 8.23. The largest absolute Gasteiger partial charge is 0.335 e. The number of nitrogens with zero attached hydrogens (tertiary/aromatic N) is 1. The average Bonchev–Trinajstić information content (AvgIpc) is 2.20. The number of carbonyl (C=O) groups is 1. The summed E-state index contributed by atoms with van der Waals surface area (Å²) in [6, 6.07) is 7.83. The third-order valence-electron chi connectivity index (χ3n) is 2.67. The van der Waals surface area contributed by atoms with Crippen LogP contribution in [0.4, 0.5) is 0 Å². The molecule has 0 saturated carbocycles. The van der Waals surface area contributed by atoms with Gasteiger partial charge in [-0.3, -0.25) is 4.79 Å². The van der Waals surface area contributed by atoms with E-state index in [1.807, 2.05) is 18.2 Å². The lowest BCUT2D eigenvalue weighted by Crippen LogP contribution is -2.60. The van der Waals surface area contributed by atoms with Gasteiger partial charge >= 0.3 is 0 Å². The molecule has 2 N–H and O–H groups in total. The highest BCUT2D eigenvalue weighted by Crippen LogP contribution is 2.15. The van der Waals surface area contributed by atoms with Crippen LogP contribution in [0.25, 0.3) is 0 Å². The zero-order chi connectivity index (χ0) is 10.1. The van der Waals surface area contributed by atoms with Crippen molar-refractivity contribution in [1.29, 1.82) is 0 Å². The normalized spacial score (nSPS) is 20.9. The molecule has 1 heterocycles. The Kier molecular flexibility index (Phi) is 2.25. The first kappa shape index (κ1) is 9.21. The summed E-state index contributed by atoms with van der Waals surface area (Å²) in [4.78, 5) is 13.1. The summed E-state index contributed by atoms with van der Waals surface area (Å²) in [6.45, 7) is 3.44. The van der Waals surface area contributed by atoms with E-state index in [2.05, 4.69) is 13.0 Å². The number of aryl methyl sites for hydroxylation is 1. The van der Waals surface area contributed by atoms with Gasteiger partial charge < -0.3 is 10.6 Å². The van der Waals surface area contributed by atoms with E-state index in [1.165, 1.54) is 11.1 Å². The maximum absolute atomic E-state index is 11.3. The second kappa shape index (κ2) is 3.42. The first-order valence-corrected chi connectivity index (χ1v) is 4.77. The van der Waals surface area contributed by atoms with Crippen LogP contribution in [0.3, 0.4) is 0 Å². The first-order valence-electron chi connectivity index (χ1n) is 4.77. The maximum atomic E-state index is 11.3. The van der Waals surface area contributed by atoms with Crippen LogP contribution in [0.5, 0.6) is 0 Å². The quantitative estimate of drug-likeness (QED) is 0.696. The summed E-state index contributed by atoms with van der Waals surface area (Å²) in [7, 11) is 0. The lowest BCUT2D eigenvalue weighted by Gasteiger charge is -2.36. The van der Waals surface area contributed by atoms with Crippen molar-refractivity contribution in [2.45, 2.75) is 19.5 Å². The number of likely N-dealkylation sites (tertiary alicyclic amines) is 1. The minimum atomic E-state index is -0.265. The fourth-order valence-corrected chi connectivity index (χ4v) is 1.66. The van der Waals surface area contributed by atoms with E-state index in [0.717, 1.165) is 0 Å². The van der Waals surface area contributed by atoms with Crippen molar-refractivity contribution < 1.29 is 4.79 Å². The summed E-state index contributed by atoms with van der Waals surface area (Å²) < 4.78 is 0. The summed E-state index contributed by atoms with van der Waals surface area (Å²) in [5.74, 6) is 0.0632. The molecule has 1 unspecified atom stereocenters.